The van der Waals surface area contributed by atoms with E-state index in [-0.39, 0.29) is 6.61 Å². The van der Waals surface area contributed by atoms with E-state index in [1.807, 2.05) is 11.9 Å². The standard InChI is InChI=1S/C9H11N3O/c1-10-8-3-4-9(11-7-8)12(2)5-6-13/h3-4,7,13H,5-6H2,2H3. The second-order valence-corrected chi connectivity index (χ2v) is 2.63. The molecule has 0 spiro atoms. The van der Waals surface area contributed by atoms with Crippen molar-refractivity contribution in [1.82, 2.24) is 4.98 Å². The number of rotatable bonds is 3. The normalized spacial score (nSPS) is 9.31. The van der Waals surface area contributed by atoms with E-state index in [2.05, 4.69) is 9.83 Å². The Kier molecular flexibility index (Phi) is 3.23. The molecule has 0 aliphatic heterocycles. The van der Waals surface area contributed by atoms with E-state index in [1.165, 1.54) is 6.20 Å². The smallest absolute Gasteiger partial charge is 0.205 e. The van der Waals surface area contributed by atoms with Gasteiger partial charge in [-0.3, -0.25) is 4.98 Å². The molecule has 0 bridgehead atoms. The number of likely N-dealkylation sites (N-methyl/N-ethyl adjacent to an activating group) is 1. The van der Waals surface area contributed by atoms with Crippen molar-refractivity contribution in [2.75, 3.05) is 25.1 Å². The Morgan fingerprint density at radius 2 is 2.38 bits per heavy atom. The zero-order valence-electron chi connectivity index (χ0n) is 7.44. The van der Waals surface area contributed by atoms with Crippen LogP contribution in [-0.4, -0.2) is 30.3 Å². The van der Waals surface area contributed by atoms with E-state index in [0.717, 1.165) is 5.82 Å². The SMILES string of the molecule is [C-]#[N+]c1ccc(N(C)CCO)nc1. The molecule has 0 saturated carbocycles. The summed E-state index contributed by atoms with van der Waals surface area (Å²) in [5.41, 5.74) is 0.529. The molecule has 4 heteroatoms. The van der Waals surface area contributed by atoms with Gasteiger partial charge in [-0.1, -0.05) is 6.07 Å². The first-order chi connectivity index (χ1) is 6.27. The van der Waals surface area contributed by atoms with Gasteiger partial charge >= 0.3 is 0 Å². The van der Waals surface area contributed by atoms with Gasteiger partial charge in [0.15, 0.2) is 0 Å². The molecule has 1 N–H and O–H groups in total. The van der Waals surface area contributed by atoms with Crippen LogP contribution in [0, 0.1) is 6.57 Å². The van der Waals surface area contributed by atoms with Crippen LogP contribution in [0.25, 0.3) is 4.85 Å². The summed E-state index contributed by atoms with van der Waals surface area (Å²) in [4.78, 5) is 9.13. The monoisotopic (exact) mass is 177 g/mol. The third-order valence-electron chi connectivity index (χ3n) is 1.69. The van der Waals surface area contributed by atoms with Crippen molar-refractivity contribution in [1.29, 1.82) is 0 Å². The van der Waals surface area contributed by atoms with Crippen LogP contribution in [0.4, 0.5) is 11.5 Å². The highest BCUT2D eigenvalue weighted by Gasteiger charge is 2.00. The number of anilines is 1. The molecule has 0 atom stereocenters. The molecule has 0 radical (unpaired) electrons. The van der Waals surface area contributed by atoms with Crippen LogP contribution in [0.5, 0.6) is 0 Å². The van der Waals surface area contributed by atoms with Gasteiger partial charge in [-0.25, -0.2) is 4.85 Å². The average molecular weight is 177 g/mol. The lowest BCUT2D eigenvalue weighted by Gasteiger charge is -2.15. The van der Waals surface area contributed by atoms with Crippen LogP contribution in [0.2, 0.25) is 0 Å². The molecule has 1 aromatic rings. The number of aromatic nitrogens is 1. The quantitative estimate of drug-likeness (QED) is 0.702. The minimum Gasteiger partial charge on any atom is -0.395 e. The summed E-state index contributed by atoms with van der Waals surface area (Å²) in [5, 5.41) is 8.68. The van der Waals surface area contributed by atoms with Gasteiger partial charge in [-0.2, -0.15) is 0 Å². The molecule has 0 amide bonds. The third kappa shape index (κ3) is 2.42. The highest BCUT2D eigenvalue weighted by molar-refractivity contribution is 5.48. The Hall–Kier alpha value is -1.60. The predicted octanol–water partition coefficient (Wildman–Crippen LogP) is 1.06. The molecule has 0 saturated heterocycles. The second-order valence-electron chi connectivity index (χ2n) is 2.63. The summed E-state index contributed by atoms with van der Waals surface area (Å²) in [6, 6.07) is 3.48. The van der Waals surface area contributed by atoms with Crippen molar-refractivity contribution in [3.63, 3.8) is 0 Å². The molecular weight excluding hydrogens is 166 g/mol. The van der Waals surface area contributed by atoms with Gasteiger partial charge in [0.2, 0.25) is 5.69 Å². The maximum absolute atomic E-state index is 8.68. The largest absolute Gasteiger partial charge is 0.395 e. The molecule has 0 aromatic carbocycles. The van der Waals surface area contributed by atoms with E-state index < -0.39 is 0 Å². The lowest BCUT2D eigenvalue weighted by molar-refractivity contribution is 0.304. The molecule has 1 heterocycles. The number of hydrogen-bond acceptors (Lipinski definition) is 3. The summed E-state index contributed by atoms with van der Waals surface area (Å²) in [6.45, 7) is 7.38. The predicted molar refractivity (Wildman–Crippen MR) is 50.9 cm³/mol. The van der Waals surface area contributed by atoms with Crippen LogP contribution >= 0.6 is 0 Å². The first-order valence-electron chi connectivity index (χ1n) is 3.93. The summed E-state index contributed by atoms with van der Waals surface area (Å²) in [5.74, 6) is 0.765. The Bertz CT molecular complexity index is 302. The van der Waals surface area contributed by atoms with Crippen LogP contribution in [0.15, 0.2) is 18.3 Å². The van der Waals surface area contributed by atoms with Gasteiger partial charge in [0, 0.05) is 19.8 Å². The number of aliphatic hydroxyl groups is 1. The fourth-order valence-corrected chi connectivity index (χ4v) is 0.935. The third-order valence-corrected chi connectivity index (χ3v) is 1.69. The number of nitrogens with zero attached hydrogens (tertiary/aromatic N) is 3. The summed E-state index contributed by atoms with van der Waals surface area (Å²) >= 11 is 0. The Balaban J connectivity index is 2.75. The Morgan fingerprint density at radius 3 is 2.85 bits per heavy atom. The summed E-state index contributed by atoms with van der Waals surface area (Å²) < 4.78 is 0. The summed E-state index contributed by atoms with van der Waals surface area (Å²) in [7, 11) is 1.84. The molecular formula is C9H11N3O. The van der Waals surface area contributed by atoms with E-state index in [0.29, 0.717) is 12.2 Å². The molecule has 1 aromatic heterocycles. The first kappa shape index (κ1) is 9.49. The van der Waals surface area contributed by atoms with E-state index in [1.54, 1.807) is 12.1 Å². The van der Waals surface area contributed by atoms with E-state index >= 15 is 0 Å². The van der Waals surface area contributed by atoms with Crippen molar-refractivity contribution in [2.24, 2.45) is 0 Å². The number of aliphatic hydroxyl groups excluding tert-OH is 1. The maximum Gasteiger partial charge on any atom is 0.205 e. The van der Waals surface area contributed by atoms with Gasteiger partial charge in [-0.15, -0.1) is 0 Å². The van der Waals surface area contributed by atoms with Crippen molar-refractivity contribution < 1.29 is 5.11 Å². The Morgan fingerprint density at radius 1 is 1.62 bits per heavy atom. The average Bonchev–Trinajstić information content (AvgIpc) is 2.18. The Labute approximate surface area is 77.3 Å². The maximum atomic E-state index is 8.68. The highest BCUT2D eigenvalue weighted by Crippen LogP contribution is 2.14. The van der Waals surface area contributed by atoms with Gasteiger partial charge in [0.1, 0.15) is 5.82 Å². The van der Waals surface area contributed by atoms with Crippen LogP contribution in [-0.2, 0) is 0 Å². The summed E-state index contributed by atoms with van der Waals surface area (Å²) in [6.07, 6.45) is 1.52. The number of hydrogen-bond donors (Lipinski definition) is 1. The lowest BCUT2D eigenvalue weighted by atomic mass is 10.4. The lowest BCUT2D eigenvalue weighted by Crippen LogP contribution is -2.21. The van der Waals surface area contributed by atoms with Gasteiger partial charge in [0.05, 0.1) is 13.2 Å². The highest BCUT2D eigenvalue weighted by atomic mass is 16.3. The van der Waals surface area contributed by atoms with Gasteiger partial charge in [0.25, 0.3) is 0 Å². The molecule has 0 aliphatic rings. The fraction of sp³-hybridized carbons (Fsp3) is 0.333. The zero-order valence-corrected chi connectivity index (χ0v) is 7.44. The van der Waals surface area contributed by atoms with E-state index in [4.69, 9.17) is 11.7 Å². The van der Waals surface area contributed by atoms with E-state index in [9.17, 15) is 0 Å². The number of pyridine rings is 1. The van der Waals surface area contributed by atoms with Crippen LogP contribution in [0.1, 0.15) is 0 Å². The van der Waals surface area contributed by atoms with Crippen molar-refractivity contribution >= 4 is 11.5 Å². The molecule has 4 nitrogen and oxygen atoms in total. The molecule has 0 fully saturated rings. The molecule has 68 valence electrons. The molecule has 1 rings (SSSR count). The molecule has 0 unspecified atom stereocenters. The topological polar surface area (TPSA) is 40.7 Å². The van der Waals surface area contributed by atoms with Crippen molar-refractivity contribution in [2.45, 2.75) is 0 Å². The van der Waals surface area contributed by atoms with Crippen molar-refractivity contribution in [3.05, 3.63) is 29.7 Å². The molecule has 13 heavy (non-hydrogen) atoms. The van der Waals surface area contributed by atoms with Gasteiger partial charge in [-0.05, 0) is 6.07 Å². The first-order valence-corrected chi connectivity index (χ1v) is 3.93. The van der Waals surface area contributed by atoms with Crippen molar-refractivity contribution in [3.8, 4) is 0 Å². The van der Waals surface area contributed by atoms with Crippen LogP contribution < -0.4 is 4.90 Å². The van der Waals surface area contributed by atoms with Gasteiger partial charge < -0.3 is 10.0 Å². The second kappa shape index (κ2) is 4.43. The zero-order chi connectivity index (χ0) is 9.68. The fourth-order valence-electron chi connectivity index (χ4n) is 0.935. The minimum absolute atomic E-state index is 0.1000. The minimum atomic E-state index is 0.1000. The van der Waals surface area contributed by atoms with Crippen LogP contribution in [0.3, 0.4) is 0 Å². The molecule has 0 aliphatic carbocycles.